The fraction of sp³-hybridized carbons (Fsp3) is 0.500. The second-order valence-corrected chi connectivity index (χ2v) is 12.5. The maximum absolute atomic E-state index is 16.1. The van der Waals surface area contributed by atoms with E-state index in [1.54, 1.807) is 37.3 Å². The topological polar surface area (TPSA) is 143 Å². The van der Waals surface area contributed by atoms with Gasteiger partial charge in [0.05, 0.1) is 6.04 Å². The molecule has 1 aliphatic heterocycles. The average molecular weight is 675 g/mol. The van der Waals surface area contributed by atoms with Gasteiger partial charge >= 0.3 is 12.0 Å². The molecule has 1 aliphatic carbocycles. The number of amides is 4. The molecule has 4 amide bonds. The van der Waals surface area contributed by atoms with Crippen LogP contribution in [0.25, 0.3) is 0 Å². The minimum absolute atomic E-state index is 0.0768. The summed E-state index contributed by atoms with van der Waals surface area (Å²) >= 11 is 6.02. The zero-order chi connectivity index (χ0) is 34.0. The Hall–Kier alpha value is -4.06. The quantitative estimate of drug-likeness (QED) is 0.219. The highest BCUT2D eigenvalue weighted by Gasteiger charge is 2.49. The number of alkyl carbamates (subject to hydrolysis) is 1. The van der Waals surface area contributed by atoms with Gasteiger partial charge in [0, 0.05) is 41.9 Å². The summed E-state index contributed by atoms with van der Waals surface area (Å²) < 4.78 is 37.6. The minimum Gasteiger partial charge on any atom is -0.439 e. The van der Waals surface area contributed by atoms with Crippen LogP contribution in [0.3, 0.4) is 0 Å². The van der Waals surface area contributed by atoms with E-state index in [4.69, 9.17) is 16.3 Å². The molecule has 1 heterocycles. The third-order valence-electron chi connectivity index (χ3n) is 8.65. The number of Topliss-reactive ketones (excluding diaryl/α,β-unsaturated/α-hetero) is 1. The summed E-state index contributed by atoms with van der Waals surface area (Å²) in [5.41, 5.74) is 0.234. The highest BCUT2D eigenvalue weighted by molar-refractivity contribution is 6.38. The number of carbonyl (C=O) groups is 5. The summed E-state index contributed by atoms with van der Waals surface area (Å²) in [6, 6.07) is 11.1. The summed E-state index contributed by atoms with van der Waals surface area (Å²) in [4.78, 5) is 65.0. The maximum Gasteiger partial charge on any atom is 0.408 e. The van der Waals surface area contributed by atoms with E-state index < -0.39 is 65.2 Å². The van der Waals surface area contributed by atoms with E-state index >= 15 is 8.78 Å². The molecule has 1 saturated carbocycles. The molecule has 4 atom stereocenters. The van der Waals surface area contributed by atoms with Gasteiger partial charge in [0.15, 0.2) is 6.10 Å². The van der Waals surface area contributed by atoms with Gasteiger partial charge < -0.3 is 26.0 Å². The molecule has 0 spiro atoms. The molecule has 1 unspecified atom stereocenters. The van der Waals surface area contributed by atoms with E-state index in [9.17, 15) is 24.0 Å². The first-order valence-electron chi connectivity index (χ1n) is 16.0. The Morgan fingerprint density at radius 3 is 2.34 bits per heavy atom. The Morgan fingerprint density at radius 1 is 0.979 bits per heavy atom. The molecular weight excluding hydrogens is 634 g/mol. The van der Waals surface area contributed by atoms with Gasteiger partial charge in [-0.1, -0.05) is 73.3 Å². The Morgan fingerprint density at radius 2 is 1.70 bits per heavy atom. The molecule has 2 aromatic carbocycles. The van der Waals surface area contributed by atoms with Crippen LogP contribution in [0.1, 0.15) is 63.0 Å². The van der Waals surface area contributed by atoms with Crippen molar-refractivity contribution in [3.8, 4) is 0 Å². The summed E-state index contributed by atoms with van der Waals surface area (Å²) in [6.45, 7) is 2.19. The Kier molecular flexibility index (Phi) is 12.7. The molecule has 4 rings (SSSR count). The minimum atomic E-state index is -3.59. The maximum atomic E-state index is 16.1. The Bertz CT molecular complexity index is 1420. The predicted molar refractivity (Wildman–Crippen MR) is 171 cm³/mol. The van der Waals surface area contributed by atoms with E-state index in [1.165, 1.54) is 18.2 Å². The molecule has 2 aromatic rings. The molecule has 254 valence electrons. The first kappa shape index (κ1) is 35.8. The van der Waals surface area contributed by atoms with Gasteiger partial charge in [-0.15, -0.1) is 0 Å². The molecule has 0 radical (unpaired) electrons. The van der Waals surface area contributed by atoms with Gasteiger partial charge in [0.2, 0.25) is 17.6 Å². The first-order chi connectivity index (χ1) is 22.5. The van der Waals surface area contributed by atoms with Crippen molar-refractivity contribution < 1.29 is 37.5 Å². The van der Waals surface area contributed by atoms with Crippen LogP contribution in [0, 0.1) is 11.8 Å². The van der Waals surface area contributed by atoms with Crippen molar-refractivity contribution in [2.75, 3.05) is 13.1 Å². The van der Waals surface area contributed by atoms with E-state index in [0.29, 0.717) is 44.2 Å². The third-order valence-corrected chi connectivity index (χ3v) is 8.88. The summed E-state index contributed by atoms with van der Waals surface area (Å²) in [5, 5.41) is 10.2. The van der Waals surface area contributed by atoms with Crippen LogP contribution < -0.4 is 21.3 Å². The number of carbonyl (C=O) groups excluding carboxylic acids is 5. The highest BCUT2D eigenvalue weighted by atomic mass is 35.5. The summed E-state index contributed by atoms with van der Waals surface area (Å²) in [5.74, 6) is -7.86. The standard InChI is InChI=1S/C34H41ClF2N4O6/c1-2-38-32(45)28(42)26(19-23-16-17-39-30(23)43)40-31(44)27(18-21-10-5-3-6-11-21)41-33(46)47-29(22-12-7-4-8-13-22)34(36,37)24-14-9-15-25(35)20-24/h3,5-6,9-11,14-15,20,22-23,26-27,29H,2,4,7-8,12-13,16-19H2,1H3,(H,38,45)(H,39,43)(H,40,44)(H,41,46)/t23-,26-,27-,29?/m0/s1. The molecule has 0 aromatic heterocycles. The molecule has 4 N–H and O–H groups in total. The first-order valence-corrected chi connectivity index (χ1v) is 16.4. The number of ketones is 1. The molecule has 1 saturated heterocycles. The Balaban J connectivity index is 1.58. The molecule has 2 fully saturated rings. The van der Waals surface area contributed by atoms with E-state index in [-0.39, 0.29) is 30.3 Å². The van der Waals surface area contributed by atoms with E-state index in [2.05, 4.69) is 21.3 Å². The SMILES string of the molecule is CCNC(=O)C(=O)[C@H](C[C@@H]1CCNC1=O)NC(=O)[C@H](Cc1ccccc1)NC(=O)OC(C1CCCCC1)C(F)(F)c1cccc(Cl)c1. The average Bonchev–Trinajstić information content (AvgIpc) is 3.47. The number of benzene rings is 2. The molecule has 2 aliphatic rings. The lowest BCUT2D eigenvalue weighted by atomic mass is 9.81. The van der Waals surface area contributed by atoms with Crippen LogP contribution in [0.5, 0.6) is 0 Å². The monoisotopic (exact) mass is 674 g/mol. The van der Waals surface area contributed by atoms with Gasteiger partial charge in [0.1, 0.15) is 6.04 Å². The van der Waals surface area contributed by atoms with Gasteiger partial charge in [-0.3, -0.25) is 19.2 Å². The van der Waals surface area contributed by atoms with Crippen molar-refractivity contribution in [3.63, 3.8) is 0 Å². The fourth-order valence-corrected chi connectivity index (χ4v) is 6.37. The van der Waals surface area contributed by atoms with Crippen molar-refractivity contribution in [1.82, 2.24) is 21.3 Å². The van der Waals surface area contributed by atoms with Gasteiger partial charge in [0.25, 0.3) is 5.91 Å². The summed E-state index contributed by atoms with van der Waals surface area (Å²) in [7, 11) is 0. The molecular formula is C34H41ClF2N4O6. The molecule has 10 nitrogen and oxygen atoms in total. The Labute approximate surface area is 277 Å². The number of nitrogens with one attached hydrogen (secondary N) is 4. The predicted octanol–water partition coefficient (Wildman–Crippen LogP) is 4.43. The van der Waals surface area contributed by atoms with Crippen molar-refractivity contribution in [2.45, 2.75) is 82.4 Å². The number of ether oxygens (including phenoxy) is 1. The van der Waals surface area contributed by atoms with Crippen LogP contribution in [0.4, 0.5) is 13.6 Å². The largest absolute Gasteiger partial charge is 0.439 e. The van der Waals surface area contributed by atoms with E-state index in [1.807, 2.05) is 0 Å². The zero-order valence-electron chi connectivity index (χ0n) is 26.2. The molecule has 0 bridgehead atoms. The second kappa shape index (κ2) is 16.7. The van der Waals surface area contributed by atoms with Crippen LogP contribution >= 0.6 is 11.6 Å². The number of rotatable bonds is 14. The van der Waals surface area contributed by atoms with Gasteiger partial charge in [-0.25, -0.2) is 4.79 Å². The number of halogens is 3. The number of hydrogen-bond acceptors (Lipinski definition) is 6. The normalized spacial score (nSPS) is 18.7. The van der Waals surface area contributed by atoms with Crippen LogP contribution in [-0.2, 0) is 36.3 Å². The van der Waals surface area contributed by atoms with Crippen LogP contribution in [0.2, 0.25) is 5.02 Å². The zero-order valence-corrected chi connectivity index (χ0v) is 27.0. The molecule has 47 heavy (non-hydrogen) atoms. The van der Waals surface area contributed by atoms with Gasteiger partial charge in [-0.05, 0) is 50.3 Å². The van der Waals surface area contributed by atoms with Crippen molar-refractivity contribution in [3.05, 3.63) is 70.7 Å². The van der Waals surface area contributed by atoms with Crippen molar-refractivity contribution in [2.24, 2.45) is 11.8 Å². The highest BCUT2D eigenvalue weighted by Crippen LogP contribution is 2.42. The number of alkyl halides is 2. The lowest BCUT2D eigenvalue weighted by molar-refractivity contribution is -0.145. The smallest absolute Gasteiger partial charge is 0.408 e. The van der Waals surface area contributed by atoms with Crippen molar-refractivity contribution in [1.29, 1.82) is 0 Å². The fourth-order valence-electron chi connectivity index (χ4n) is 6.18. The van der Waals surface area contributed by atoms with E-state index in [0.717, 1.165) is 12.5 Å². The second-order valence-electron chi connectivity index (χ2n) is 12.0. The number of likely N-dealkylation sites (N-methyl/N-ethyl adjacent to an activating group) is 1. The lowest BCUT2D eigenvalue weighted by Crippen LogP contribution is -2.56. The number of hydrogen-bond donors (Lipinski definition) is 4. The summed E-state index contributed by atoms with van der Waals surface area (Å²) in [6.07, 6.45) is 0.285. The van der Waals surface area contributed by atoms with Crippen LogP contribution in [-0.4, -0.2) is 60.9 Å². The third kappa shape index (κ3) is 9.73. The van der Waals surface area contributed by atoms with Crippen molar-refractivity contribution >= 4 is 41.2 Å². The molecule has 13 heteroatoms. The lowest BCUT2D eigenvalue weighted by Gasteiger charge is -2.35. The van der Waals surface area contributed by atoms with Crippen LogP contribution in [0.15, 0.2) is 54.6 Å². The van der Waals surface area contributed by atoms with Gasteiger partial charge in [-0.2, -0.15) is 8.78 Å².